The number of rotatable bonds is 4. The maximum atomic E-state index is 11.1. The number of hydrogen-bond acceptors (Lipinski definition) is 2. The predicted octanol–water partition coefficient (Wildman–Crippen LogP) is 3.06. The molecule has 2 rings (SSSR count). The monoisotopic (exact) mass is 251 g/mol. The van der Waals surface area contributed by atoms with E-state index in [4.69, 9.17) is 16.3 Å². The molecule has 1 heterocycles. The normalized spacial score (nSPS) is 11.0. The van der Waals surface area contributed by atoms with E-state index in [2.05, 4.69) is 0 Å². The van der Waals surface area contributed by atoms with Crippen molar-refractivity contribution < 1.29 is 9.53 Å². The molecule has 2 aromatic rings. The van der Waals surface area contributed by atoms with Gasteiger partial charge in [-0.3, -0.25) is 4.79 Å². The minimum absolute atomic E-state index is 0.484. The molecule has 0 spiro atoms. The van der Waals surface area contributed by atoms with Gasteiger partial charge < -0.3 is 9.30 Å². The van der Waals surface area contributed by atoms with Gasteiger partial charge in [-0.2, -0.15) is 0 Å². The third-order valence-electron chi connectivity index (χ3n) is 2.83. The van der Waals surface area contributed by atoms with Crippen LogP contribution in [0.4, 0.5) is 0 Å². The first-order valence-electron chi connectivity index (χ1n) is 5.41. The van der Waals surface area contributed by atoms with Crippen LogP contribution in [0.1, 0.15) is 15.9 Å². The van der Waals surface area contributed by atoms with Gasteiger partial charge in [-0.1, -0.05) is 23.7 Å². The van der Waals surface area contributed by atoms with Crippen LogP contribution < -0.4 is 0 Å². The smallest absolute Gasteiger partial charge is 0.153 e. The van der Waals surface area contributed by atoms with E-state index in [1.165, 1.54) is 0 Å². The molecule has 3 nitrogen and oxygen atoms in total. The van der Waals surface area contributed by atoms with Gasteiger partial charge in [0.1, 0.15) is 5.15 Å². The Balaban J connectivity index is 2.67. The fourth-order valence-corrected chi connectivity index (χ4v) is 2.29. The number of hydrogen-bond donors (Lipinski definition) is 0. The van der Waals surface area contributed by atoms with Gasteiger partial charge in [-0.25, -0.2) is 0 Å². The highest BCUT2D eigenvalue weighted by atomic mass is 35.5. The molecule has 0 aliphatic carbocycles. The molecule has 1 aromatic heterocycles. The average molecular weight is 252 g/mol. The highest BCUT2D eigenvalue weighted by Crippen LogP contribution is 2.29. The Hall–Kier alpha value is -1.32. The van der Waals surface area contributed by atoms with E-state index in [1.54, 1.807) is 7.11 Å². The Kier molecular flexibility index (Phi) is 3.50. The van der Waals surface area contributed by atoms with Gasteiger partial charge in [0.15, 0.2) is 6.29 Å². The number of carbonyl (C=O) groups excluding carboxylic acids is 1. The fraction of sp³-hybridized carbons (Fsp3) is 0.308. The zero-order valence-corrected chi connectivity index (χ0v) is 10.6. The highest BCUT2D eigenvalue weighted by Gasteiger charge is 2.14. The summed E-state index contributed by atoms with van der Waals surface area (Å²) >= 11 is 6.22. The summed E-state index contributed by atoms with van der Waals surface area (Å²) in [5, 5.41) is 1.38. The maximum absolute atomic E-state index is 11.1. The summed E-state index contributed by atoms with van der Waals surface area (Å²) in [5.41, 5.74) is 2.68. The fourth-order valence-electron chi connectivity index (χ4n) is 1.97. The number of halogens is 1. The molecule has 0 saturated carbocycles. The number of benzene rings is 1. The number of nitrogens with zero attached hydrogens (tertiary/aromatic N) is 1. The first kappa shape index (κ1) is 12.1. The third-order valence-corrected chi connectivity index (χ3v) is 3.24. The maximum Gasteiger partial charge on any atom is 0.153 e. The molecular formula is C13H14ClNO2. The van der Waals surface area contributed by atoms with Crippen LogP contribution in [0.2, 0.25) is 5.15 Å². The minimum atomic E-state index is 0.484. The largest absolute Gasteiger partial charge is 0.383 e. The second-order valence-electron chi connectivity index (χ2n) is 3.99. The summed E-state index contributed by atoms with van der Waals surface area (Å²) in [6, 6.07) is 5.94. The number of methoxy groups -OCH3 is 1. The van der Waals surface area contributed by atoms with Gasteiger partial charge in [-0.15, -0.1) is 0 Å². The molecule has 0 aliphatic rings. The van der Waals surface area contributed by atoms with Crippen LogP contribution >= 0.6 is 11.6 Å². The summed E-state index contributed by atoms with van der Waals surface area (Å²) in [6.45, 7) is 3.22. The second-order valence-corrected chi connectivity index (χ2v) is 4.35. The lowest BCUT2D eigenvalue weighted by Crippen LogP contribution is -2.04. The molecule has 1 aromatic carbocycles. The van der Waals surface area contributed by atoms with Crippen molar-refractivity contribution in [3.63, 3.8) is 0 Å². The summed E-state index contributed by atoms with van der Waals surface area (Å²) in [4.78, 5) is 11.1. The lowest BCUT2D eigenvalue weighted by atomic mass is 10.1. The van der Waals surface area contributed by atoms with Crippen molar-refractivity contribution in [1.82, 2.24) is 4.57 Å². The number of aryl methyl sites for hydroxylation is 1. The van der Waals surface area contributed by atoms with E-state index < -0.39 is 0 Å². The van der Waals surface area contributed by atoms with E-state index in [0.717, 1.165) is 22.8 Å². The van der Waals surface area contributed by atoms with Crippen molar-refractivity contribution >= 4 is 28.8 Å². The Morgan fingerprint density at radius 3 is 2.88 bits per heavy atom. The number of ether oxygens (including phenoxy) is 1. The van der Waals surface area contributed by atoms with Gasteiger partial charge in [-0.05, 0) is 18.6 Å². The summed E-state index contributed by atoms with van der Waals surface area (Å²) < 4.78 is 6.97. The predicted molar refractivity (Wildman–Crippen MR) is 68.9 cm³/mol. The number of fused-ring (bicyclic) bond motifs is 1. The molecule has 0 amide bonds. The summed E-state index contributed by atoms with van der Waals surface area (Å²) in [7, 11) is 1.64. The summed E-state index contributed by atoms with van der Waals surface area (Å²) in [5.74, 6) is 0. The molecule has 0 bridgehead atoms. The molecule has 0 radical (unpaired) electrons. The van der Waals surface area contributed by atoms with Gasteiger partial charge >= 0.3 is 0 Å². The Morgan fingerprint density at radius 2 is 2.24 bits per heavy atom. The first-order chi connectivity index (χ1) is 8.19. The van der Waals surface area contributed by atoms with Crippen LogP contribution in [-0.4, -0.2) is 24.6 Å². The average Bonchev–Trinajstić information content (AvgIpc) is 2.58. The molecule has 17 heavy (non-hydrogen) atoms. The second kappa shape index (κ2) is 4.90. The minimum Gasteiger partial charge on any atom is -0.383 e. The zero-order chi connectivity index (χ0) is 12.4. The van der Waals surface area contributed by atoms with E-state index in [9.17, 15) is 4.79 Å². The lowest BCUT2D eigenvalue weighted by Gasteiger charge is -2.06. The Bertz CT molecular complexity index is 560. The lowest BCUT2D eigenvalue weighted by molar-refractivity contribution is 0.112. The Labute approximate surface area is 105 Å². The molecule has 0 fully saturated rings. The highest BCUT2D eigenvalue weighted by molar-refractivity contribution is 6.34. The van der Waals surface area contributed by atoms with E-state index in [1.807, 2.05) is 29.7 Å². The SMILES string of the molecule is COCCn1c(Cl)c(C=O)c2ccc(C)cc21. The van der Waals surface area contributed by atoms with Crippen molar-refractivity contribution in [2.24, 2.45) is 0 Å². The summed E-state index contributed by atoms with van der Waals surface area (Å²) in [6.07, 6.45) is 0.809. The molecule has 0 N–H and O–H groups in total. The van der Waals surface area contributed by atoms with Crippen LogP contribution in [0.3, 0.4) is 0 Å². The van der Waals surface area contributed by atoms with Crippen molar-refractivity contribution in [1.29, 1.82) is 0 Å². The van der Waals surface area contributed by atoms with Crippen LogP contribution in [0.25, 0.3) is 10.9 Å². The van der Waals surface area contributed by atoms with Crippen LogP contribution in [-0.2, 0) is 11.3 Å². The van der Waals surface area contributed by atoms with Gasteiger partial charge in [0, 0.05) is 19.0 Å². The molecule has 4 heteroatoms. The topological polar surface area (TPSA) is 31.2 Å². The standard InChI is InChI=1S/C13H14ClNO2/c1-9-3-4-10-11(8-16)13(14)15(5-6-17-2)12(10)7-9/h3-4,7-8H,5-6H2,1-2H3. The Morgan fingerprint density at radius 1 is 1.47 bits per heavy atom. The van der Waals surface area contributed by atoms with Crippen molar-refractivity contribution in [3.05, 3.63) is 34.5 Å². The number of carbonyl (C=O) groups is 1. The molecular weight excluding hydrogens is 238 g/mol. The molecule has 0 aliphatic heterocycles. The van der Waals surface area contributed by atoms with E-state index in [0.29, 0.717) is 23.9 Å². The first-order valence-corrected chi connectivity index (χ1v) is 5.79. The molecule has 0 unspecified atom stereocenters. The third kappa shape index (κ3) is 2.08. The number of aromatic nitrogens is 1. The van der Waals surface area contributed by atoms with Crippen LogP contribution in [0.15, 0.2) is 18.2 Å². The number of aldehydes is 1. The van der Waals surface area contributed by atoms with Crippen molar-refractivity contribution in [2.75, 3.05) is 13.7 Å². The molecule has 90 valence electrons. The van der Waals surface area contributed by atoms with Crippen molar-refractivity contribution in [2.45, 2.75) is 13.5 Å². The quantitative estimate of drug-likeness (QED) is 0.782. The van der Waals surface area contributed by atoms with Crippen molar-refractivity contribution in [3.8, 4) is 0 Å². The van der Waals surface area contributed by atoms with Crippen LogP contribution in [0.5, 0.6) is 0 Å². The van der Waals surface area contributed by atoms with Gasteiger partial charge in [0.05, 0.1) is 17.7 Å². The zero-order valence-electron chi connectivity index (χ0n) is 9.87. The van der Waals surface area contributed by atoms with E-state index in [-0.39, 0.29) is 0 Å². The van der Waals surface area contributed by atoms with Gasteiger partial charge in [0.25, 0.3) is 0 Å². The molecule has 0 atom stereocenters. The van der Waals surface area contributed by atoms with Crippen LogP contribution in [0, 0.1) is 6.92 Å². The molecule has 0 saturated heterocycles. The van der Waals surface area contributed by atoms with E-state index >= 15 is 0 Å². The van der Waals surface area contributed by atoms with Gasteiger partial charge in [0.2, 0.25) is 0 Å².